The second-order valence-electron chi connectivity index (χ2n) is 6.09. The maximum atomic E-state index is 13.1. The van der Waals surface area contributed by atoms with Crippen LogP contribution in [0.2, 0.25) is 0 Å². The van der Waals surface area contributed by atoms with Crippen molar-refractivity contribution in [2.45, 2.75) is 32.6 Å². The van der Waals surface area contributed by atoms with Gasteiger partial charge < -0.3 is 9.47 Å². The summed E-state index contributed by atoms with van der Waals surface area (Å²) in [6, 6.07) is 3.00. The minimum atomic E-state index is -1.05. The highest BCUT2D eigenvalue weighted by molar-refractivity contribution is 5.86. The van der Waals surface area contributed by atoms with Gasteiger partial charge in [-0.15, -0.1) is 0 Å². The number of rotatable bonds is 5. The molecule has 0 aliphatic heterocycles. The van der Waals surface area contributed by atoms with E-state index in [0.717, 1.165) is 25.0 Å². The van der Waals surface area contributed by atoms with Crippen LogP contribution in [0.5, 0.6) is 5.75 Å². The lowest BCUT2D eigenvalue weighted by atomic mass is 9.82. The fraction of sp³-hybridized carbons (Fsp3) is 0.444. The zero-order valence-corrected chi connectivity index (χ0v) is 13.5. The molecule has 24 heavy (non-hydrogen) atoms. The summed E-state index contributed by atoms with van der Waals surface area (Å²) in [6.45, 7) is 5.43. The first-order chi connectivity index (χ1) is 11.4. The molecule has 4 nitrogen and oxygen atoms in total. The predicted octanol–water partition coefficient (Wildman–Crippen LogP) is 3.80. The second kappa shape index (κ2) is 8.04. The Balaban J connectivity index is 1.79. The van der Waals surface area contributed by atoms with Gasteiger partial charge in [-0.1, -0.05) is 6.58 Å². The van der Waals surface area contributed by atoms with E-state index >= 15 is 0 Å². The number of carbonyl (C=O) groups is 2. The molecular formula is C18H20F2O4. The van der Waals surface area contributed by atoms with E-state index < -0.39 is 23.6 Å². The Morgan fingerprint density at radius 3 is 2.42 bits per heavy atom. The van der Waals surface area contributed by atoms with Crippen molar-refractivity contribution >= 4 is 11.9 Å². The molecule has 1 aliphatic carbocycles. The van der Waals surface area contributed by atoms with E-state index in [0.29, 0.717) is 25.0 Å². The van der Waals surface area contributed by atoms with Gasteiger partial charge in [-0.2, -0.15) is 0 Å². The molecule has 0 atom stereocenters. The summed E-state index contributed by atoms with van der Waals surface area (Å²) in [5.74, 6) is -2.97. The molecule has 0 heterocycles. The van der Waals surface area contributed by atoms with Crippen molar-refractivity contribution in [1.82, 2.24) is 0 Å². The van der Waals surface area contributed by atoms with Gasteiger partial charge in [0.05, 0.1) is 12.5 Å². The van der Waals surface area contributed by atoms with Crippen LogP contribution in [0.25, 0.3) is 0 Å². The van der Waals surface area contributed by atoms with E-state index in [1.807, 2.05) is 0 Å². The van der Waals surface area contributed by atoms with E-state index in [2.05, 4.69) is 6.58 Å². The van der Waals surface area contributed by atoms with Crippen LogP contribution < -0.4 is 4.74 Å². The summed E-state index contributed by atoms with van der Waals surface area (Å²) in [4.78, 5) is 23.4. The van der Waals surface area contributed by atoms with Gasteiger partial charge in [0.2, 0.25) is 0 Å². The molecule has 1 fully saturated rings. The smallest absolute Gasteiger partial charge is 0.333 e. The summed E-state index contributed by atoms with van der Waals surface area (Å²) in [6.07, 6.45) is 2.69. The highest BCUT2D eigenvalue weighted by Gasteiger charge is 2.28. The minimum absolute atomic E-state index is 0.00332. The molecule has 0 amide bonds. The van der Waals surface area contributed by atoms with Gasteiger partial charge >= 0.3 is 11.9 Å². The van der Waals surface area contributed by atoms with Crippen molar-refractivity contribution in [3.8, 4) is 5.75 Å². The van der Waals surface area contributed by atoms with Gasteiger partial charge in [0.1, 0.15) is 5.75 Å². The van der Waals surface area contributed by atoms with Crippen LogP contribution in [0, 0.1) is 23.5 Å². The number of carbonyl (C=O) groups excluding carboxylic acids is 2. The van der Waals surface area contributed by atoms with E-state index in [4.69, 9.17) is 9.47 Å². The lowest BCUT2D eigenvalue weighted by Crippen LogP contribution is -2.27. The van der Waals surface area contributed by atoms with E-state index in [1.165, 1.54) is 6.07 Å². The van der Waals surface area contributed by atoms with Gasteiger partial charge in [0.25, 0.3) is 0 Å². The Bertz CT molecular complexity index is 634. The third-order valence-corrected chi connectivity index (χ3v) is 4.09. The molecule has 1 aromatic carbocycles. The molecule has 0 bridgehead atoms. The second-order valence-corrected chi connectivity index (χ2v) is 6.09. The zero-order valence-electron chi connectivity index (χ0n) is 13.5. The monoisotopic (exact) mass is 338 g/mol. The number of halogens is 2. The Kier molecular flexibility index (Phi) is 6.06. The molecule has 0 radical (unpaired) electrons. The molecule has 1 aromatic rings. The first-order valence-corrected chi connectivity index (χ1v) is 7.86. The molecule has 6 heteroatoms. The number of ether oxygens (including phenoxy) is 2. The molecule has 1 saturated carbocycles. The van der Waals surface area contributed by atoms with Crippen LogP contribution in [0.1, 0.15) is 32.6 Å². The van der Waals surface area contributed by atoms with E-state index in [1.54, 1.807) is 6.92 Å². The highest BCUT2D eigenvalue weighted by atomic mass is 19.2. The van der Waals surface area contributed by atoms with Crippen molar-refractivity contribution in [2.75, 3.05) is 6.61 Å². The van der Waals surface area contributed by atoms with E-state index in [-0.39, 0.29) is 17.6 Å². The molecular weight excluding hydrogens is 318 g/mol. The average molecular weight is 338 g/mol. The largest absolute Gasteiger partial charge is 0.462 e. The van der Waals surface area contributed by atoms with Crippen LogP contribution in [-0.4, -0.2) is 18.5 Å². The average Bonchev–Trinajstić information content (AvgIpc) is 2.56. The van der Waals surface area contributed by atoms with Gasteiger partial charge in [0, 0.05) is 11.6 Å². The minimum Gasteiger partial charge on any atom is -0.462 e. The Labute approximate surface area is 139 Å². The fourth-order valence-corrected chi connectivity index (χ4v) is 2.62. The van der Waals surface area contributed by atoms with Crippen LogP contribution in [-0.2, 0) is 14.3 Å². The Hall–Kier alpha value is -2.24. The first-order valence-electron chi connectivity index (χ1n) is 7.86. The van der Waals surface area contributed by atoms with Gasteiger partial charge in [0.15, 0.2) is 11.6 Å². The third kappa shape index (κ3) is 4.88. The summed E-state index contributed by atoms with van der Waals surface area (Å²) in [7, 11) is 0. The van der Waals surface area contributed by atoms with Crippen LogP contribution in [0.15, 0.2) is 30.4 Å². The number of benzene rings is 1. The topological polar surface area (TPSA) is 52.6 Å². The normalized spacial score (nSPS) is 20.3. The SMILES string of the molecule is C=C(C)C(=O)OCC1CCC(C(=O)Oc2ccc(F)c(F)c2)CC1. The van der Waals surface area contributed by atoms with E-state index in [9.17, 15) is 18.4 Å². The molecule has 0 N–H and O–H groups in total. The van der Waals surface area contributed by atoms with Crippen molar-refractivity contribution in [3.63, 3.8) is 0 Å². The quantitative estimate of drug-likeness (QED) is 0.466. The Morgan fingerprint density at radius 2 is 1.83 bits per heavy atom. The highest BCUT2D eigenvalue weighted by Crippen LogP contribution is 2.30. The predicted molar refractivity (Wildman–Crippen MR) is 83.2 cm³/mol. The first kappa shape index (κ1) is 18.1. The Morgan fingerprint density at radius 1 is 1.17 bits per heavy atom. The molecule has 0 aromatic heterocycles. The van der Waals surface area contributed by atoms with Gasteiger partial charge in [-0.05, 0) is 50.7 Å². The number of esters is 2. The molecule has 130 valence electrons. The van der Waals surface area contributed by atoms with Gasteiger partial charge in [-0.25, -0.2) is 13.6 Å². The fourth-order valence-electron chi connectivity index (χ4n) is 2.62. The van der Waals surface area contributed by atoms with Crippen molar-refractivity contribution in [3.05, 3.63) is 42.0 Å². The zero-order chi connectivity index (χ0) is 17.7. The summed E-state index contributed by atoms with van der Waals surface area (Å²) < 4.78 is 36.2. The van der Waals surface area contributed by atoms with Crippen molar-refractivity contribution in [2.24, 2.45) is 11.8 Å². The van der Waals surface area contributed by atoms with Gasteiger partial charge in [-0.3, -0.25) is 4.79 Å². The third-order valence-electron chi connectivity index (χ3n) is 4.09. The van der Waals surface area contributed by atoms with Crippen LogP contribution in [0.3, 0.4) is 0 Å². The van der Waals surface area contributed by atoms with Crippen LogP contribution >= 0.6 is 0 Å². The lowest BCUT2D eigenvalue weighted by molar-refractivity contribution is -0.143. The molecule has 1 aliphatic rings. The lowest BCUT2D eigenvalue weighted by Gasteiger charge is -2.26. The molecule has 0 unspecified atom stereocenters. The number of hydrogen-bond donors (Lipinski definition) is 0. The molecule has 0 spiro atoms. The van der Waals surface area contributed by atoms with Crippen LogP contribution in [0.4, 0.5) is 8.78 Å². The molecule has 2 rings (SSSR count). The standard InChI is InChI=1S/C18H20F2O4/c1-11(2)17(21)23-10-12-3-5-13(6-4-12)18(22)24-14-7-8-15(19)16(20)9-14/h7-9,12-13H,1,3-6,10H2,2H3. The molecule has 0 saturated heterocycles. The van der Waals surface area contributed by atoms with Crippen molar-refractivity contribution in [1.29, 1.82) is 0 Å². The maximum Gasteiger partial charge on any atom is 0.333 e. The van der Waals surface area contributed by atoms with Crippen molar-refractivity contribution < 1.29 is 27.8 Å². The maximum absolute atomic E-state index is 13.1. The summed E-state index contributed by atoms with van der Waals surface area (Å²) in [5, 5.41) is 0. The summed E-state index contributed by atoms with van der Waals surface area (Å²) in [5.41, 5.74) is 0.360. The summed E-state index contributed by atoms with van der Waals surface area (Å²) >= 11 is 0. The number of hydrogen-bond acceptors (Lipinski definition) is 4.